The molecule has 0 bridgehead atoms. The van der Waals surface area contributed by atoms with Crippen molar-refractivity contribution in [3.8, 4) is 0 Å². The SMILES string of the molecule is C=CC(=O)OCCC[C@@H](C)[Si](C)(C)OCC. The molecule has 0 unspecified atom stereocenters. The summed E-state index contributed by atoms with van der Waals surface area (Å²) in [5.74, 6) is -0.339. The van der Waals surface area contributed by atoms with Crippen LogP contribution in [-0.4, -0.2) is 27.5 Å². The van der Waals surface area contributed by atoms with Gasteiger partial charge in [-0.1, -0.05) is 13.5 Å². The monoisotopic (exact) mass is 244 g/mol. The van der Waals surface area contributed by atoms with Crippen molar-refractivity contribution >= 4 is 14.3 Å². The first-order chi connectivity index (χ1) is 7.44. The number of hydrogen-bond donors (Lipinski definition) is 0. The van der Waals surface area contributed by atoms with E-state index in [1.807, 2.05) is 6.92 Å². The maximum absolute atomic E-state index is 10.8. The second-order valence-electron chi connectivity index (χ2n) is 4.45. The van der Waals surface area contributed by atoms with Gasteiger partial charge in [0.15, 0.2) is 8.32 Å². The van der Waals surface area contributed by atoms with E-state index in [1.54, 1.807) is 0 Å². The molecule has 0 aromatic heterocycles. The van der Waals surface area contributed by atoms with E-state index in [2.05, 4.69) is 26.6 Å². The second-order valence-corrected chi connectivity index (χ2v) is 8.93. The van der Waals surface area contributed by atoms with E-state index in [4.69, 9.17) is 9.16 Å². The van der Waals surface area contributed by atoms with E-state index in [9.17, 15) is 4.79 Å². The highest BCUT2D eigenvalue weighted by atomic mass is 28.4. The number of carbonyl (C=O) groups is 1. The van der Waals surface area contributed by atoms with Crippen LogP contribution in [0.15, 0.2) is 12.7 Å². The maximum Gasteiger partial charge on any atom is 0.330 e. The van der Waals surface area contributed by atoms with Crippen LogP contribution in [0.4, 0.5) is 0 Å². The first-order valence-corrected chi connectivity index (χ1v) is 8.85. The molecule has 0 fully saturated rings. The standard InChI is InChI=1S/C12H24O3Si/c1-6-12(13)14-10-8-9-11(3)16(4,5)15-7-2/h6,11H,1,7-10H2,2-5H3/t11-/m1/s1. The highest BCUT2D eigenvalue weighted by Gasteiger charge is 2.29. The molecule has 0 aromatic rings. The number of ether oxygens (including phenoxy) is 1. The van der Waals surface area contributed by atoms with E-state index in [0.717, 1.165) is 19.4 Å². The van der Waals surface area contributed by atoms with Crippen LogP contribution in [-0.2, 0) is 14.0 Å². The molecule has 0 saturated heterocycles. The molecule has 0 amide bonds. The molecule has 0 rings (SSSR count). The summed E-state index contributed by atoms with van der Waals surface area (Å²) in [4.78, 5) is 10.8. The predicted molar refractivity (Wildman–Crippen MR) is 68.9 cm³/mol. The Kier molecular flexibility index (Phi) is 7.33. The van der Waals surface area contributed by atoms with Gasteiger partial charge in [-0.25, -0.2) is 4.79 Å². The number of esters is 1. The van der Waals surface area contributed by atoms with Crippen LogP contribution in [0, 0.1) is 0 Å². The van der Waals surface area contributed by atoms with Crippen LogP contribution in [0.25, 0.3) is 0 Å². The summed E-state index contributed by atoms with van der Waals surface area (Å²) in [7, 11) is -1.55. The predicted octanol–water partition coefficient (Wildman–Crippen LogP) is 3.13. The zero-order chi connectivity index (χ0) is 12.6. The Morgan fingerprint density at radius 2 is 2.12 bits per heavy atom. The zero-order valence-corrected chi connectivity index (χ0v) is 11.9. The number of carbonyl (C=O) groups excluding carboxylic acids is 1. The first-order valence-electron chi connectivity index (χ1n) is 5.87. The summed E-state index contributed by atoms with van der Waals surface area (Å²) in [6.45, 7) is 13.3. The molecule has 0 heterocycles. The molecule has 0 saturated carbocycles. The fraction of sp³-hybridized carbons (Fsp3) is 0.750. The quantitative estimate of drug-likeness (QED) is 0.285. The molecule has 0 radical (unpaired) electrons. The van der Waals surface area contributed by atoms with Crippen molar-refractivity contribution in [1.82, 2.24) is 0 Å². The highest BCUT2D eigenvalue weighted by Crippen LogP contribution is 2.27. The van der Waals surface area contributed by atoms with Crippen molar-refractivity contribution in [2.45, 2.75) is 45.3 Å². The van der Waals surface area contributed by atoms with Gasteiger partial charge in [-0.2, -0.15) is 0 Å². The Balaban J connectivity index is 3.76. The largest absolute Gasteiger partial charge is 0.463 e. The molecular weight excluding hydrogens is 220 g/mol. The third-order valence-electron chi connectivity index (χ3n) is 2.90. The van der Waals surface area contributed by atoms with Crippen LogP contribution < -0.4 is 0 Å². The Morgan fingerprint density at radius 1 is 1.50 bits per heavy atom. The van der Waals surface area contributed by atoms with Crippen molar-refractivity contribution in [3.63, 3.8) is 0 Å². The van der Waals surface area contributed by atoms with Crippen molar-refractivity contribution < 1.29 is 14.0 Å². The lowest BCUT2D eigenvalue weighted by Crippen LogP contribution is -2.35. The van der Waals surface area contributed by atoms with Gasteiger partial charge in [0.05, 0.1) is 6.61 Å². The van der Waals surface area contributed by atoms with Crippen LogP contribution in [0.5, 0.6) is 0 Å². The van der Waals surface area contributed by atoms with Gasteiger partial charge < -0.3 is 9.16 Å². The summed E-state index contributed by atoms with van der Waals surface area (Å²) >= 11 is 0. The summed E-state index contributed by atoms with van der Waals surface area (Å²) in [6.07, 6.45) is 3.14. The van der Waals surface area contributed by atoms with Crippen LogP contribution in [0.1, 0.15) is 26.7 Å². The average Bonchev–Trinajstić information content (AvgIpc) is 2.23. The fourth-order valence-corrected chi connectivity index (χ4v) is 3.41. The zero-order valence-electron chi connectivity index (χ0n) is 10.9. The topological polar surface area (TPSA) is 35.5 Å². The molecule has 94 valence electrons. The van der Waals surface area contributed by atoms with Gasteiger partial charge in [0.25, 0.3) is 0 Å². The molecule has 0 N–H and O–H groups in total. The van der Waals surface area contributed by atoms with E-state index in [-0.39, 0.29) is 5.97 Å². The molecular formula is C12H24O3Si. The second kappa shape index (κ2) is 7.63. The Morgan fingerprint density at radius 3 is 2.62 bits per heavy atom. The van der Waals surface area contributed by atoms with E-state index in [0.29, 0.717) is 12.1 Å². The van der Waals surface area contributed by atoms with Crippen molar-refractivity contribution in [1.29, 1.82) is 0 Å². The average molecular weight is 244 g/mol. The molecule has 0 aromatic carbocycles. The minimum Gasteiger partial charge on any atom is -0.463 e. The smallest absolute Gasteiger partial charge is 0.330 e. The van der Waals surface area contributed by atoms with Gasteiger partial charge in [0.1, 0.15) is 0 Å². The Hall–Kier alpha value is -0.613. The minimum atomic E-state index is -1.55. The lowest BCUT2D eigenvalue weighted by molar-refractivity contribution is -0.137. The summed E-state index contributed by atoms with van der Waals surface area (Å²) in [5, 5.41) is 0. The molecule has 1 atom stereocenters. The van der Waals surface area contributed by atoms with Gasteiger partial charge in [0.2, 0.25) is 0 Å². The van der Waals surface area contributed by atoms with Crippen molar-refractivity contribution in [2.75, 3.05) is 13.2 Å². The van der Waals surface area contributed by atoms with E-state index in [1.165, 1.54) is 6.08 Å². The lowest BCUT2D eigenvalue weighted by Gasteiger charge is -2.29. The Bertz CT molecular complexity index is 226. The maximum atomic E-state index is 10.8. The first kappa shape index (κ1) is 15.4. The normalized spacial score (nSPS) is 13.2. The highest BCUT2D eigenvalue weighted by molar-refractivity contribution is 6.72. The van der Waals surface area contributed by atoms with Crippen LogP contribution in [0.2, 0.25) is 18.6 Å². The third-order valence-corrected chi connectivity index (χ3v) is 6.59. The van der Waals surface area contributed by atoms with Crippen LogP contribution >= 0.6 is 0 Å². The van der Waals surface area contributed by atoms with Crippen LogP contribution in [0.3, 0.4) is 0 Å². The molecule has 0 aliphatic carbocycles. The van der Waals surface area contributed by atoms with Gasteiger partial charge in [-0.3, -0.25) is 0 Å². The summed E-state index contributed by atoms with van der Waals surface area (Å²) in [6, 6.07) is 0. The van der Waals surface area contributed by atoms with Gasteiger partial charge in [0, 0.05) is 12.7 Å². The molecule has 0 spiro atoms. The summed E-state index contributed by atoms with van der Waals surface area (Å²) in [5.41, 5.74) is 0.579. The van der Waals surface area contributed by atoms with Crippen molar-refractivity contribution in [3.05, 3.63) is 12.7 Å². The minimum absolute atomic E-state index is 0.339. The van der Waals surface area contributed by atoms with Gasteiger partial charge in [-0.15, -0.1) is 0 Å². The van der Waals surface area contributed by atoms with E-state index >= 15 is 0 Å². The fourth-order valence-electron chi connectivity index (χ4n) is 1.48. The molecule has 3 nitrogen and oxygen atoms in total. The number of hydrogen-bond acceptors (Lipinski definition) is 3. The molecule has 16 heavy (non-hydrogen) atoms. The van der Waals surface area contributed by atoms with Crippen molar-refractivity contribution in [2.24, 2.45) is 0 Å². The summed E-state index contributed by atoms with van der Waals surface area (Å²) < 4.78 is 10.7. The molecule has 0 aliphatic rings. The van der Waals surface area contributed by atoms with Gasteiger partial charge in [-0.05, 0) is 38.4 Å². The molecule has 4 heteroatoms. The Labute approximate surface area is 100.0 Å². The van der Waals surface area contributed by atoms with Gasteiger partial charge >= 0.3 is 5.97 Å². The molecule has 0 aliphatic heterocycles. The number of rotatable bonds is 8. The third kappa shape index (κ3) is 6.08. The lowest BCUT2D eigenvalue weighted by atomic mass is 10.2. The van der Waals surface area contributed by atoms with E-state index < -0.39 is 8.32 Å².